The number of rotatable bonds is 5. The molecule has 1 saturated heterocycles. The Balaban J connectivity index is 1.94. The van der Waals surface area contributed by atoms with E-state index in [1.165, 1.54) is 10.6 Å². The summed E-state index contributed by atoms with van der Waals surface area (Å²) >= 11 is 0. The minimum absolute atomic E-state index is 0.194. The summed E-state index contributed by atoms with van der Waals surface area (Å²) in [7, 11) is -1.79. The average Bonchev–Trinajstić information content (AvgIpc) is 3.01. The molecule has 0 spiro atoms. The molecule has 0 aliphatic carbocycles. The number of aryl methyl sites for hydroxylation is 3. The molecule has 7 nitrogen and oxygen atoms in total. The number of aromatic nitrogens is 2. The van der Waals surface area contributed by atoms with Gasteiger partial charge in [0, 0.05) is 26.2 Å². The number of sulfonamides is 1. The molecular weight excluding hydrogens is 364 g/mol. The molecule has 1 aliphatic rings. The lowest BCUT2D eigenvalue weighted by atomic mass is 10.0. The summed E-state index contributed by atoms with van der Waals surface area (Å²) in [6.45, 7) is 4.70. The molecular formula is C19H26N4O3S. The van der Waals surface area contributed by atoms with E-state index >= 15 is 0 Å². The molecule has 0 unspecified atom stereocenters. The number of hydrogen-bond donors (Lipinski definition) is 0. The van der Waals surface area contributed by atoms with Crippen LogP contribution in [0, 0.1) is 13.8 Å². The molecule has 0 N–H and O–H groups in total. The Morgan fingerprint density at radius 1 is 1.26 bits per heavy atom. The molecule has 2 aromatic rings. The molecule has 146 valence electrons. The first kappa shape index (κ1) is 19.6. The standard InChI is InChI=1S/C19H26N4O3S/c1-14-7-8-15(2)16(12-14)13-23(27(4,25)26)17-6-5-11-22(19(17)24)18-9-10-20-21(18)3/h7-10,12,17H,5-6,11,13H2,1-4H3/t17-/m1/s1. The molecule has 8 heteroatoms. The monoisotopic (exact) mass is 390 g/mol. The van der Waals surface area contributed by atoms with Gasteiger partial charge in [-0.3, -0.25) is 14.4 Å². The summed E-state index contributed by atoms with van der Waals surface area (Å²) in [6, 6.07) is 7.04. The highest BCUT2D eigenvalue weighted by Gasteiger charge is 2.39. The van der Waals surface area contributed by atoms with Crippen LogP contribution in [-0.4, -0.2) is 47.3 Å². The van der Waals surface area contributed by atoms with Crippen LogP contribution in [0.3, 0.4) is 0 Å². The maximum atomic E-state index is 13.2. The Labute approximate surface area is 160 Å². The fraction of sp³-hybridized carbons (Fsp3) is 0.474. The zero-order valence-corrected chi connectivity index (χ0v) is 17.0. The van der Waals surface area contributed by atoms with Gasteiger partial charge in [0.2, 0.25) is 15.9 Å². The van der Waals surface area contributed by atoms with Crippen LogP contribution >= 0.6 is 0 Å². The maximum Gasteiger partial charge on any atom is 0.246 e. The van der Waals surface area contributed by atoms with Crippen molar-refractivity contribution in [2.45, 2.75) is 39.3 Å². The second-order valence-electron chi connectivity index (χ2n) is 7.20. The van der Waals surface area contributed by atoms with E-state index in [0.717, 1.165) is 23.1 Å². The predicted molar refractivity (Wildman–Crippen MR) is 105 cm³/mol. The van der Waals surface area contributed by atoms with Crippen molar-refractivity contribution in [2.75, 3.05) is 17.7 Å². The highest BCUT2D eigenvalue weighted by atomic mass is 32.2. The van der Waals surface area contributed by atoms with Crippen LogP contribution in [-0.2, 0) is 28.4 Å². The molecule has 27 heavy (non-hydrogen) atoms. The zero-order valence-electron chi connectivity index (χ0n) is 16.2. The van der Waals surface area contributed by atoms with Gasteiger partial charge in [0.25, 0.3) is 0 Å². The van der Waals surface area contributed by atoms with Gasteiger partial charge in [0.05, 0.1) is 12.5 Å². The van der Waals surface area contributed by atoms with E-state index in [4.69, 9.17) is 0 Å². The molecule has 1 aliphatic heterocycles. The normalized spacial score (nSPS) is 18.3. The Morgan fingerprint density at radius 2 is 2.00 bits per heavy atom. The second-order valence-corrected chi connectivity index (χ2v) is 9.13. The molecule has 1 fully saturated rings. The number of nitrogens with zero attached hydrogens (tertiary/aromatic N) is 4. The maximum absolute atomic E-state index is 13.2. The van der Waals surface area contributed by atoms with E-state index in [1.807, 2.05) is 32.0 Å². The van der Waals surface area contributed by atoms with Crippen LogP contribution in [0.1, 0.15) is 29.5 Å². The first-order valence-corrected chi connectivity index (χ1v) is 10.9. The van der Waals surface area contributed by atoms with Crippen molar-refractivity contribution in [3.8, 4) is 0 Å². The van der Waals surface area contributed by atoms with Crippen molar-refractivity contribution in [3.05, 3.63) is 47.2 Å². The molecule has 0 saturated carbocycles. The largest absolute Gasteiger partial charge is 0.296 e. The topological polar surface area (TPSA) is 75.5 Å². The van der Waals surface area contributed by atoms with Crippen LogP contribution in [0.15, 0.2) is 30.5 Å². The Morgan fingerprint density at radius 3 is 2.63 bits per heavy atom. The van der Waals surface area contributed by atoms with Gasteiger partial charge < -0.3 is 0 Å². The molecule has 1 amide bonds. The summed E-state index contributed by atoms with van der Waals surface area (Å²) in [4.78, 5) is 14.8. The van der Waals surface area contributed by atoms with Gasteiger partial charge in [-0.2, -0.15) is 9.40 Å². The van der Waals surface area contributed by atoms with Crippen LogP contribution in [0.2, 0.25) is 0 Å². The Kier molecular flexibility index (Phi) is 5.39. The molecule has 2 heterocycles. The van der Waals surface area contributed by atoms with Crippen molar-refractivity contribution in [3.63, 3.8) is 0 Å². The number of piperidine rings is 1. The van der Waals surface area contributed by atoms with Crippen molar-refractivity contribution < 1.29 is 13.2 Å². The van der Waals surface area contributed by atoms with Gasteiger partial charge in [-0.1, -0.05) is 23.8 Å². The van der Waals surface area contributed by atoms with Crippen LogP contribution in [0.5, 0.6) is 0 Å². The number of hydrogen-bond acceptors (Lipinski definition) is 4. The van der Waals surface area contributed by atoms with E-state index < -0.39 is 16.1 Å². The third-order valence-electron chi connectivity index (χ3n) is 5.09. The summed E-state index contributed by atoms with van der Waals surface area (Å²) in [5.41, 5.74) is 3.00. The number of amides is 1. The Bertz CT molecular complexity index is 952. The summed E-state index contributed by atoms with van der Waals surface area (Å²) in [5, 5.41) is 4.12. The molecule has 0 bridgehead atoms. The van der Waals surface area contributed by atoms with E-state index in [2.05, 4.69) is 5.10 Å². The van der Waals surface area contributed by atoms with E-state index in [9.17, 15) is 13.2 Å². The highest BCUT2D eigenvalue weighted by molar-refractivity contribution is 7.88. The van der Waals surface area contributed by atoms with Gasteiger partial charge in [0.15, 0.2) is 0 Å². The number of carbonyl (C=O) groups excluding carboxylic acids is 1. The van der Waals surface area contributed by atoms with Crippen molar-refractivity contribution in [1.82, 2.24) is 14.1 Å². The van der Waals surface area contributed by atoms with Crippen LogP contribution in [0.25, 0.3) is 0 Å². The fourth-order valence-corrected chi connectivity index (χ4v) is 4.61. The SMILES string of the molecule is Cc1ccc(C)c(CN([C@@H]2CCCN(c3ccnn3C)C2=O)S(C)(=O)=O)c1. The lowest BCUT2D eigenvalue weighted by Crippen LogP contribution is -2.54. The second kappa shape index (κ2) is 7.44. The first-order chi connectivity index (χ1) is 12.7. The zero-order chi connectivity index (χ0) is 19.8. The number of carbonyl (C=O) groups is 1. The predicted octanol–water partition coefficient (Wildman–Crippen LogP) is 1.99. The third-order valence-corrected chi connectivity index (χ3v) is 6.32. The lowest BCUT2D eigenvalue weighted by Gasteiger charge is -2.37. The van der Waals surface area contributed by atoms with Gasteiger partial charge >= 0.3 is 0 Å². The average molecular weight is 391 g/mol. The minimum atomic E-state index is -3.56. The number of benzene rings is 1. The summed E-state index contributed by atoms with van der Waals surface area (Å²) < 4.78 is 28.1. The van der Waals surface area contributed by atoms with Crippen molar-refractivity contribution in [1.29, 1.82) is 0 Å². The molecule has 1 aromatic heterocycles. The fourth-order valence-electron chi connectivity index (χ4n) is 3.58. The highest BCUT2D eigenvalue weighted by Crippen LogP contribution is 2.26. The smallest absolute Gasteiger partial charge is 0.246 e. The first-order valence-electron chi connectivity index (χ1n) is 9.01. The molecule has 1 atom stereocenters. The minimum Gasteiger partial charge on any atom is -0.296 e. The van der Waals surface area contributed by atoms with E-state index in [1.54, 1.807) is 28.9 Å². The Hall–Kier alpha value is -2.19. The van der Waals surface area contributed by atoms with E-state index in [0.29, 0.717) is 18.8 Å². The third kappa shape index (κ3) is 4.06. The van der Waals surface area contributed by atoms with Crippen LogP contribution < -0.4 is 4.90 Å². The van der Waals surface area contributed by atoms with Gasteiger partial charge in [-0.05, 0) is 37.8 Å². The lowest BCUT2D eigenvalue weighted by molar-refractivity contribution is -0.123. The molecule has 0 radical (unpaired) electrons. The quantitative estimate of drug-likeness (QED) is 0.782. The van der Waals surface area contributed by atoms with Crippen molar-refractivity contribution in [2.24, 2.45) is 7.05 Å². The molecule has 1 aromatic carbocycles. The summed E-state index contributed by atoms with van der Waals surface area (Å²) in [5.74, 6) is 0.491. The summed E-state index contributed by atoms with van der Waals surface area (Å²) in [6.07, 6.45) is 4.07. The van der Waals surface area contributed by atoms with E-state index in [-0.39, 0.29) is 12.5 Å². The number of anilines is 1. The van der Waals surface area contributed by atoms with Gasteiger partial charge in [0.1, 0.15) is 11.9 Å². The van der Waals surface area contributed by atoms with Crippen molar-refractivity contribution >= 4 is 21.7 Å². The molecule has 3 rings (SSSR count). The van der Waals surface area contributed by atoms with Gasteiger partial charge in [-0.25, -0.2) is 8.42 Å². The van der Waals surface area contributed by atoms with Crippen LogP contribution in [0.4, 0.5) is 5.82 Å². The van der Waals surface area contributed by atoms with Gasteiger partial charge in [-0.15, -0.1) is 0 Å².